The van der Waals surface area contributed by atoms with Gasteiger partial charge in [0.25, 0.3) is 0 Å². The van der Waals surface area contributed by atoms with Gasteiger partial charge in [-0.3, -0.25) is 4.79 Å². The first-order valence-electron chi connectivity index (χ1n) is 5.58. The molecule has 0 aliphatic rings. The van der Waals surface area contributed by atoms with E-state index in [0.29, 0.717) is 12.3 Å². The van der Waals surface area contributed by atoms with Crippen LogP contribution in [0.2, 0.25) is 0 Å². The molecule has 0 unspecified atom stereocenters. The van der Waals surface area contributed by atoms with Gasteiger partial charge in [0, 0.05) is 19.7 Å². The number of carbonyl (C=O) groups excluding carboxylic acids is 1. The Morgan fingerprint density at radius 1 is 1.31 bits per heavy atom. The molecule has 2 heteroatoms. The molecule has 0 aliphatic carbocycles. The zero-order valence-corrected chi connectivity index (χ0v) is 10.2. The van der Waals surface area contributed by atoms with Crippen LogP contribution < -0.4 is 0 Å². The Balaban J connectivity index is 2.54. The van der Waals surface area contributed by atoms with Crippen LogP contribution in [0.3, 0.4) is 0 Å². The fourth-order valence-corrected chi connectivity index (χ4v) is 1.34. The molecule has 0 heterocycles. The van der Waals surface area contributed by atoms with Crippen LogP contribution in [0, 0.1) is 5.92 Å². The van der Waals surface area contributed by atoms with Gasteiger partial charge < -0.3 is 4.90 Å². The SMILES string of the molecule is CC(C)CC(=O)N(C)C=Cc1ccccc1. The maximum Gasteiger partial charge on any atom is 0.226 e. The van der Waals surface area contributed by atoms with Crippen molar-refractivity contribution in [2.45, 2.75) is 20.3 Å². The Hall–Kier alpha value is -1.57. The zero-order chi connectivity index (χ0) is 12.0. The molecule has 0 radical (unpaired) electrons. The lowest BCUT2D eigenvalue weighted by molar-refractivity contribution is -0.128. The lowest BCUT2D eigenvalue weighted by Crippen LogP contribution is -2.21. The van der Waals surface area contributed by atoms with Crippen molar-refractivity contribution in [1.29, 1.82) is 0 Å². The number of carbonyl (C=O) groups is 1. The van der Waals surface area contributed by atoms with Gasteiger partial charge in [0.2, 0.25) is 5.91 Å². The predicted molar refractivity (Wildman–Crippen MR) is 67.7 cm³/mol. The van der Waals surface area contributed by atoms with Crippen LogP contribution in [0.4, 0.5) is 0 Å². The van der Waals surface area contributed by atoms with Crippen LogP contribution in [0.5, 0.6) is 0 Å². The fraction of sp³-hybridized carbons (Fsp3) is 0.357. The summed E-state index contributed by atoms with van der Waals surface area (Å²) in [5, 5.41) is 0. The molecule has 16 heavy (non-hydrogen) atoms. The van der Waals surface area contributed by atoms with Crippen molar-refractivity contribution in [1.82, 2.24) is 4.90 Å². The van der Waals surface area contributed by atoms with Crippen molar-refractivity contribution in [3.05, 3.63) is 42.1 Å². The average Bonchev–Trinajstić information content (AvgIpc) is 2.26. The van der Waals surface area contributed by atoms with Gasteiger partial charge >= 0.3 is 0 Å². The van der Waals surface area contributed by atoms with Gasteiger partial charge in [-0.25, -0.2) is 0 Å². The standard InChI is InChI=1S/C14H19NO/c1-12(2)11-14(16)15(3)10-9-13-7-5-4-6-8-13/h4-10,12H,11H2,1-3H3. The van der Waals surface area contributed by atoms with Gasteiger partial charge in [-0.05, 0) is 17.6 Å². The summed E-state index contributed by atoms with van der Waals surface area (Å²) >= 11 is 0. The Morgan fingerprint density at radius 3 is 2.50 bits per heavy atom. The van der Waals surface area contributed by atoms with E-state index < -0.39 is 0 Å². The molecule has 0 saturated carbocycles. The molecule has 0 N–H and O–H groups in total. The highest BCUT2D eigenvalue weighted by molar-refractivity contribution is 5.77. The molecule has 2 nitrogen and oxygen atoms in total. The number of rotatable bonds is 4. The summed E-state index contributed by atoms with van der Waals surface area (Å²) in [6.07, 6.45) is 4.36. The maximum absolute atomic E-state index is 11.6. The predicted octanol–water partition coefficient (Wildman–Crippen LogP) is 3.16. The monoisotopic (exact) mass is 217 g/mol. The van der Waals surface area contributed by atoms with Gasteiger partial charge in [0.15, 0.2) is 0 Å². The van der Waals surface area contributed by atoms with E-state index in [-0.39, 0.29) is 5.91 Å². The Bertz CT molecular complexity index is 354. The second-order valence-electron chi connectivity index (χ2n) is 4.33. The summed E-state index contributed by atoms with van der Waals surface area (Å²) in [4.78, 5) is 13.3. The molecule has 1 aromatic rings. The van der Waals surface area contributed by atoms with Crippen LogP contribution in [0.15, 0.2) is 36.5 Å². The minimum atomic E-state index is 0.155. The first kappa shape index (κ1) is 12.5. The van der Waals surface area contributed by atoms with Crippen molar-refractivity contribution < 1.29 is 4.79 Å². The smallest absolute Gasteiger partial charge is 0.226 e. The molecule has 0 saturated heterocycles. The summed E-state index contributed by atoms with van der Waals surface area (Å²) in [7, 11) is 1.80. The third kappa shape index (κ3) is 4.30. The topological polar surface area (TPSA) is 20.3 Å². The zero-order valence-electron chi connectivity index (χ0n) is 10.2. The molecule has 86 valence electrons. The average molecular weight is 217 g/mol. The summed E-state index contributed by atoms with van der Waals surface area (Å²) in [6, 6.07) is 9.96. The van der Waals surface area contributed by atoms with Gasteiger partial charge in [-0.2, -0.15) is 0 Å². The number of benzene rings is 1. The van der Waals surface area contributed by atoms with E-state index in [9.17, 15) is 4.79 Å². The number of nitrogens with zero attached hydrogens (tertiary/aromatic N) is 1. The van der Waals surface area contributed by atoms with E-state index >= 15 is 0 Å². The van der Waals surface area contributed by atoms with Crippen LogP contribution >= 0.6 is 0 Å². The van der Waals surface area contributed by atoms with E-state index in [2.05, 4.69) is 0 Å². The van der Waals surface area contributed by atoms with Crippen molar-refractivity contribution in [3.63, 3.8) is 0 Å². The van der Waals surface area contributed by atoms with E-state index in [1.54, 1.807) is 11.9 Å². The molecule has 1 rings (SSSR count). The highest BCUT2D eigenvalue weighted by atomic mass is 16.2. The number of hydrogen-bond acceptors (Lipinski definition) is 1. The van der Waals surface area contributed by atoms with Gasteiger partial charge in [-0.15, -0.1) is 0 Å². The Morgan fingerprint density at radius 2 is 1.94 bits per heavy atom. The number of amides is 1. The quantitative estimate of drug-likeness (QED) is 0.758. The maximum atomic E-state index is 11.6. The fourth-order valence-electron chi connectivity index (χ4n) is 1.34. The summed E-state index contributed by atoms with van der Waals surface area (Å²) < 4.78 is 0. The highest BCUT2D eigenvalue weighted by Crippen LogP contribution is 2.05. The third-order valence-corrected chi connectivity index (χ3v) is 2.27. The molecular weight excluding hydrogens is 198 g/mol. The molecule has 0 fully saturated rings. The molecule has 1 aromatic carbocycles. The molecule has 0 aromatic heterocycles. The van der Waals surface area contributed by atoms with E-state index in [4.69, 9.17) is 0 Å². The van der Waals surface area contributed by atoms with Crippen LogP contribution in [0.1, 0.15) is 25.8 Å². The second kappa shape index (κ2) is 6.11. The minimum Gasteiger partial charge on any atom is -0.322 e. The Kier molecular flexibility index (Phi) is 4.77. The lowest BCUT2D eigenvalue weighted by Gasteiger charge is -2.13. The first-order valence-corrected chi connectivity index (χ1v) is 5.58. The van der Waals surface area contributed by atoms with E-state index in [1.165, 1.54) is 0 Å². The molecule has 1 amide bonds. The Labute approximate surface area is 97.6 Å². The molecular formula is C14H19NO. The largest absolute Gasteiger partial charge is 0.322 e. The molecule has 0 spiro atoms. The molecule has 0 aliphatic heterocycles. The molecule has 0 atom stereocenters. The first-order chi connectivity index (χ1) is 7.59. The van der Waals surface area contributed by atoms with Crippen molar-refractivity contribution in [2.24, 2.45) is 5.92 Å². The van der Waals surface area contributed by atoms with Gasteiger partial charge in [0.1, 0.15) is 0 Å². The summed E-state index contributed by atoms with van der Waals surface area (Å²) in [5.74, 6) is 0.558. The van der Waals surface area contributed by atoms with E-state index in [0.717, 1.165) is 5.56 Å². The van der Waals surface area contributed by atoms with Crippen molar-refractivity contribution >= 4 is 12.0 Å². The summed E-state index contributed by atoms with van der Waals surface area (Å²) in [6.45, 7) is 4.10. The lowest BCUT2D eigenvalue weighted by atomic mass is 10.1. The minimum absolute atomic E-state index is 0.155. The second-order valence-corrected chi connectivity index (χ2v) is 4.33. The van der Waals surface area contributed by atoms with Crippen LogP contribution in [0.25, 0.3) is 6.08 Å². The van der Waals surface area contributed by atoms with Crippen LogP contribution in [-0.2, 0) is 4.79 Å². The highest BCUT2D eigenvalue weighted by Gasteiger charge is 2.07. The molecule has 0 bridgehead atoms. The van der Waals surface area contributed by atoms with Crippen molar-refractivity contribution in [2.75, 3.05) is 7.05 Å². The third-order valence-electron chi connectivity index (χ3n) is 2.27. The van der Waals surface area contributed by atoms with E-state index in [1.807, 2.05) is 56.5 Å². The van der Waals surface area contributed by atoms with Crippen molar-refractivity contribution in [3.8, 4) is 0 Å². The van der Waals surface area contributed by atoms with Gasteiger partial charge in [-0.1, -0.05) is 44.2 Å². The van der Waals surface area contributed by atoms with Gasteiger partial charge in [0.05, 0.1) is 0 Å². The van der Waals surface area contributed by atoms with Crippen LogP contribution in [-0.4, -0.2) is 17.9 Å². The normalized spacial score (nSPS) is 11.0. The summed E-state index contributed by atoms with van der Waals surface area (Å²) in [5.41, 5.74) is 1.10. The number of hydrogen-bond donors (Lipinski definition) is 0.